The molecular weight excluding hydrogens is 339 g/mol. The number of urea groups is 1. The maximum atomic E-state index is 13.2. The molecule has 3 rings (SSSR count). The zero-order valence-electron chi connectivity index (χ0n) is 13.5. The van der Waals surface area contributed by atoms with Crippen molar-refractivity contribution in [3.05, 3.63) is 82.3 Å². The van der Waals surface area contributed by atoms with Crippen molar-refractivity contribution >= 4 is 23.1 Å². The minimum Gasteiger partial charge on any atom is -0.495 e. The number of hydrogen-bond acceptors (Lipinski definition) is 3. The molecule has 4 nitrogen and oxygen atoms in total. The van der Waals surface area contributed by atoms with Crippen LogP contribution in [0.25, 0.3) is 0 Å². The number of thiophene rings is 1. The summed E-state index contributed by atoms with van der Waals surface area (Å²) < 4.78 is 18.5. The van der Waals surface area contributed by atoms with Crippen LogP contribution in [0.15, 0.2) is 66.0 Å². The third-order valence-electron chi connectivity index (χ3n) is 3.66. The zero-order valence-corrected chi connectivity index (χ0v) is 14.3. The van der Waals surface area contributed by atoms with Gasteiger partial charge in [0.15, 0.2) is 0 Å². The van der Waals surface area contributed by atoms with E-state index in [4.69, 9.17) is 4.74 Å². The van der Waals surface area contributed by atoms with Gasteiger partial charge >= 0.3 is 6.03 Å². The van der Waals surface area contributed by atoms with E-state index < -0.39 is 0 Å². The lowest BCUT2D eigenvalue weighted by Gasteiger charge is -2.19. The fraction of sp³-hybridized carbons (Fsp3) is 0.105. The number of carbonyl (C=O) groups excluding carboxylic acids is 1. The first kappa shape index (κ1) is 17.0. The van der Waals surface area contributed by atoms with Crippen LogP contribution in [-0.2, 0) is 0 Å². The monoisotopic (exact) mass is 356 g/mol. The van der Waals surface area contributed by atoms with Crippen LogP contribution < -0.4 is 15.4 Å². The molecule has 1 heterocycles. The Hall–Kier alpha value is -2.86. The van der Waals surface area contributed by atoms with E-state index in [0.29, 0.717) is 11.4 Å². The van der Waals surface area contributed by atoms with Gasteiger partial charge in [-0.15, -0.1) is 11.3 Å². The van der Waals surface area contributed by atoms with Gasteiger partial charge in [0.1, 0.15) is 11.6 Å². The fourth-order valence-electron chi connectivity index (χ4n) is 2.47. The Morgan fingerprint density at radius 3 is 2.52 bits per heavy atom. The van der Waals surface area contributed by atoms with Gasteiger partial charge in [-0.2, -0.15) is 0 Å². The molecule has 25 heavy (non-hydrogen) atoms. The van der Waals surface area contributed by atoms with Crippen molar-refractivity contribution in [1.82, 2.24) is 5.32 Å². The van der Waals surface area contributed by atoms with E-state index in [0.717, 1.165) is 10.4 Å². The molecule has 1 atom stereocenters. The molecule has 0 aliphatic carbocycles. The van der Waals surface area contributed by atoms with Crippen molar-refractivity contribution in [2.45, 2.75) is 6.04 Å². The van der Waals surface area contributed by atoms with Gasteiger partial charge < -0.3 is 15.4 Å². The molecule has 0 bridgehead atoms. The molecule has 0 saturated carbocycles. The Labute approximate surface area is 149 Å². The Morgan fingerprint density at radius 2 is 1.84 bits per heavy atom. The molecule has 0 radical (unpaired) electrons. The molecule has 0 aliphatic heterocycles. The molecule has 128 valence electrons. The summed E-state index contributed by atoms with van der Waals surface area (Å²) in [5, 5.41) is 7.66. The maximum Gasteiger partial charge on any atom is 0.320 e. The van der Waals surface area contributed by atoms with Crippen molar-refractivity contribution < 1.29 is 13.9 Å². The van der Waals surface area contributed by atoms with Crippen molar-refractivity contribution in [2.75, 3.05) is 12.4 Å². The summed E-state index contributed by atoms with van der Waals surface area (Å²) in [6, 6.07) is 16.4. The molecule has 2 aromatic carbocycles. The summed E-state index contributed by atoms with van der Waals surface area (Å²) >= 11 is 1.53. The van der Waals surface area contributed by atoms with E-state index in [1.165, 1.54) is 23.5 Å². The van der Waals surface area contributed by atoms with Crippen molar-refractivity contribution in [2.24, 2.45) is 0 Å². The van der Waals surface area contributed by atoms with Gasteiger partial charge in [0.25, 0.3) is 0 Å². The van der Waals surface area contributed by atoms with Gasteiger partial charge in [0.2, 0.25) is 0 Å². The number of halogens is 1. The molecule has 0 spiro atoms. The largest absolute Gasteiger partial charge is 0.495 e. The number of benzene rings is 2. The summed E-state index contributed by atoms with van der Waals surface area (Å²) in [5.41, 5.74) is 1.38. The molecule has 0 saturated heterocycles. The Bertz CT molecular complexity index is 835. The summed E-state index contributed by atoms with van der Waals surface area (Å²) in [6.45, 7) is 0. The smallest absolute Gasteiger partial charge is 0.320 e. The van der Waals surface area contributed by atoms with Gasteiger partial charge in [-0.25, -0.2) is 9.18 Å². The number of anilines is 1. The molecule has 2 amide bonds. The van der Waals surface area contributed by atoms with E-state index in [2.05, 4.69) is 10.6 Å². The highest BCUT2D eigenvalue weighted by Gasteiger charge is 2.18. The molecule has 2 N–H and O–H groups in total. The molecule has 0 fully saturated rings. The van der Waals surface area contributed by atoms with E-state index in [-0.39, 0.29) is 17.9 Å². The summed E-state index contributed by atoms with van der Waals surface area (Å²) in [5.74, 6) is 0.263. The second-order valence-electron chi connectivity index (χ2n) is 5.30. The third-order valence-corrected chi connectivity index (χ3v) is 4.60. The number of para-hydroxylation sites is 2. The number of ether oxygens (including phenoxy) is 1. The number of rotatable bonds is 5. The van der Waals surface area contributed by atoms with Crippen LogP contribution in [0.4, 0.5) is 14.9 Å². The SMILES string of the molecule is COc1ccccc1NC(=O)N[C@@H](c1ccc(F)cc1)c1cccs1. The van der Waals surface area contributed by atoms with Crippen LogP contribution in [0.3, 0.4) is 0 Å². The van der Waals surface area contributed by atoms with Crippen LogP contribution >= 0.6 is 11.3 Å². The molecule has 3 aromatic rings. The van der Waals surface area contributed by atoms with Crippen LogP contribution in [0.2, 0.25) is 0 Å². The first-order valence-corrected chi connectivity index (χ1v) is 8.55. The summed E-state index contributed by atoms with van der Waals surface area (Å²) in [4.78, 5) is 13.4. The van der Waals surface area contributed by atoms with Crippen LogP contribution in [0.5, 0.6) is 5.75 Å². The summed E-state index contributed by atoms with van der Waals surface area (Å²) in [7, 11) is 1.55. The number of nitrogens with one attached hydrogen (secondary N) is 2. The second kappa shape index (κ2) is 7.81. The molecule has 6 heteroatoms. The molecule has 0 unspecified atom stereocenters. The Morgan fingerprint density at radius 1 is 1.08 bits per heavy atom. The third kappa shape index (κ3) is 4.16. The van der Waals surface area contributed by atoms with E-state index >= 15 is 0 Å². The first-order chi connectivity index (χ1) is 12.2. The lowest BCUT2D eigenvalue weighted by atomic mass is 10.1. The quantitative estimate of drug-likeness (QED) is 0.689. The predicted octanol–water partition coefficient (Wildman–Crippen LogP) is 4.81. The maximum absolute atomic E-state index is 13.2. The minimum atomic E-state index is -0.368. The van der Waals surface area contributed by atoms with E-state index in [9.17, 15) is 9.18 Å². The van der Waals surface area contributed by atoms with Gasteiger partial charge in [0.05, 0.1) is 18.8 Å². The molecular formula is C19H17FN2O2S. The predicted molar refractivity (Wildman–Crippen MR) is 97.7 cm³/mol. The highest BCUT2D eigenvalue weighted by Crippen LogP contribution is 2.27. The first-order valence-electron chi connectivity index (χ1n) is 7.67. The molecule has 1 aromatic heterocycles. The highest BCUT2D eigenvalue weighted by atomic mass is 32.1. The van der Waals surface area contributed by atoms with Crippen LogP contribution in [0.1, 0.15) is 16.5 Å². The lowest BCUT2D eigenvalue weighted by Crippen LogP contribution is -2.33. The lowest BCUT2D eigenvalue weighted by molar-refractivity contribution is 0.250. The average Bonchev–Trinajstić information content (AvgIpc) is 3.15. The normalized spacial score (nSPS) is 11.6. The summed E-state index contributed by atoms with van der Waals surface area (Å²) in [6.07, 6.45) is 0. The standard InChI is InChI=1S/C19H17FN2O2S/c1-24-16-6-3-2-5-15(16)21-19(23)22-18(17-7-4-12-25-17)13-8-10-14(20)11-9-13/h2-12,18H,1H3,(H2,21,22,23)/t18-/m0/s1. The topological polar surface area (TPSA) is 50.4 Å². The van der Waals surface area contributed by atoms with Crippen molar-refractivity contribution in [3.63, 3.8) is 0 Å². The van der Waals surface area contributed by atoms with Gasteiger partial charge in [-0.3, -0.25) is 0 Å². The Kier molecular flexibility index (Phi) is 5.30. The zero-order chi connectivity index (χ0) is 17.6. The Balaban J connectivity index is 1.80. The molecule has 0 aliphatic rings. The number of hydrogen-bond donors (Lipinski definition) is 2. The average molecular weight is 356 g/mol. The van der Waals surface area contributed by atoms with Crippen molar-refractivity contribution in [1.29, 1.82) is 0 Å². The van der Waals surface area contributed by atoms with Gasteiger partial charge in [-0.05, 0) is 41.3 Å². The van der Waals surface area contributed by atoms with Gasteiger partial charge in [0, 0.05) is 4.88 Å². The van der Waals surface area contributed by atoms with Crippen molar-refractivity contribution in [3.8, 4) is 5.75 Å². The highest BCUT2D eigenvalue weighted by molar-refractivity contribution is 7.10. The minimum absolute atomic E-state index is 0.313. The van der Waals surface area contributed by atoms with E-state index in [1.54, 1.807) is 31.4 Å². The number of carbonyl (C=O) groups is 1. The van der Waals surface area contributed by atoms with Crippen LogP contribution in [-0.4, -0.2) is 13.1 Å². The fourth-order valence-corrected chi connectivity index (χ4v) is 3.27. The van der Waals surface area contributed by atoms with E-state index in [1.807, 2.05) is 29.6 Å². The second-order valence-corrected chi connectivity index (χ2v) is 6.28. The number of methoxy groups -OCH3 is 1. The number of amides is 2. The van der Waals surface area contributed by atoms with Crippen LogP contribution in [0, 0.1) is 5.82 Å². The van der Waals surface area contributed by atoms with Gasteiger partial charge in [-0.1, -0.05) is 30.3 Å².